The third-order valence-corrected chi connectivity index (χ3v) is 4.68. The van der Waals surface area contributed by atoms with Gasteiger partial charge in [0.25, 0.3) is 0 Å². The average Bonchev–Trinajstić information content (AvgIpc) is 2.64. The third kappa shape index (κ3) is 4.81. The van der Waals surface area contributed by atoms with Crippen LogP contribution in [0.4, 0.5) is 4.39 Å². The maximum Gasteiger partial charge on any atom is 0.126 e. The van der Waals surface area contributed by atoms with Crippen molar-refractivity contribution in [1.29, 1.82) is 0 Å². The molecule has 1 aliphatic rings. The Morgan fingerprint density at radius 2 is 1.86 bits per heavy atom. The van der Waals surface area contributed by atoms with Crippen molar-refractivity contribution in [1.82, 2.24) is 5.32 Å². The fourth-order valence-corrected chi connectivity index (χ4v) is 3.34. The van der Waals surface area contributed by atoms with Gasteiger partial charge in [0.1, 0.15) is 5.82 Å². The average molecular weight is 291 g/mol. The molecule has 2 unspecified atom stereocenters. The molecule has 1 aliphatic carbocycles. The zero-order valence-electron chi connectivity index (χ0n) is 14.0. The zero-order valence-corrected chi connectivity index (χ0v) is 14.0. The van der Waals surface area contributed by atoms with Crippen molar-refractivity contribution in [3.63, 3.8) is 0 Å². The minimum atomic E-state index is -0.0562. The number of halogens is 1. The number of rotatable bonds is 3. The molecule has 2 atom stereocenters. The lowest BCUT2D eigenvalue weighted by molar-refractivity contribution is 0.321. The number of hydrogen-bond donors (Lipinski definition) is 1. The SMILES string of the molecule is Cc1ccc(C2CCCCCC2CNC(C)(C)C)cc1F. The Morgan fingerprint density at radius 3 is 2.52 bits per heavy atom. The van der Waals surface area contributed by atoms with E-state index >= 15 is 0 Å². The first-order valence-corrected chi connectivity index (χ1v) is 8.38. The minimum absolute atomic E-state index is 0.0562. The maximum absolute atomic E-state index is 13.9. The molecule has 0 aromatic heterocycles. The monoisotopic (exact) mass is 291 g/mol. The van der Waals surface area contributed by atoms with Crippen LogP contribution in [-0.2, 0) is 0 Å². The molecule has 0 saturated heterocycles. The molecule has 1 aromatic carbocycles. The largest absolute Gasteiger partial charge is 0.312 e. The van der Waals surface area contributed by atoms with Gasteiger partial charge >= 0.3 is 0 Å². The predicted molar refractivity (Wildman–Crippen MR) is 88.2 cm³/mol. The van der Waals surface area contributed by atoms with E-state index in [1.54, 1.807) is 6.07 Å². The van der Waals surface area contributed by atoms with Gasteiger partial charge in [0.15, 0.2) is 0 Å². The van der Waals surface area contributed by atoms with E-state index in [1.165, 1.54) is 37.7 Å². The second-order valence-electron chi connectivity index (χ2n) is 7.64. The predicted octanol–water partition coefficient (Wildman–Crippen LogP) is 5.19. The van der Waals surface area contributed by atoms with Crippen LogP contribution in [-0.4, -0.2) is 12.1 Å². The first kappa shape index (κ1) is 16.5. The molecule has 1 aromatic rings. The van der Waals surface area contributed by atoms with Gasteiger partial charge in [-0.2, -0.15) is 0 Å². The molecule has 0 spiro atoms. The molecule has 2 rings (SSSR count). The van der Waals surface area contributed by atoms with Gasteiger partial charge in [0.05, 0.1) is 0 Å². The summed E-state index contributed by atoms with van der Waals surface area (Å²) in [5.74, 6) is 1.06. The van der Waals surface area contributed by atoms with Crippen LogP contribution in [0.1, 0.15) is 69.9 Å². The molecule has 0 heterocycles. The lowest BCUT2D eigenvalue weighted by Crippen LogP contribution is -2.40. The molecule has 2 heteroatoms. The maximum atomic E-state index is 13.9. The van der Waals surface area contributed by atoms with E-state index in [-0.39, 0.29) is 11.4 Å². The highest BCUT2D eigenvalue weighted by Crippen LogP contribution is 2.37. The van der Waals surface area contributed by atoms with Crippen molar-refractivity contribution in [2.24, 2.45) is 5.92 Å². The number of hydrogen-bond acceptors (Lipinski definition) is 1. The van der Waals surface area contributed by atoms with Gasteiger partial charge in [0.2, 0.25) is 0 Å². The van der Waals surface area contributed by atoms with Gasteiger partial charge in [-0.1, -0.05) is 31.4 Å². The van der Waals surface area contributed by atoms with E-state index in [4.69, 9.17) is 0 Å². The van der Waals surface area contributed by atoms with Crippen molar-refractivity contribution in [3.8, 4) is 0 Å². The summed E-state index contributed by atoms with van der Waals surface area (Å²) in [6.45, 7) is 9.51. The van der Waals surface area contributed by atoms with Crippen LogP contribution in [0.25, 0.3) is 0 Å². The van der Waals surface area contributed by atoms with Crippen LogP contribution >= 0.6 is 0 Å². The van der Waals surface area contributed by atoms with Crippen molar-refractivity contribution in [3.05, 3.63) is 35.1 Å². The lowest BCUT2D eigenvalue weighted by Gasteiger charge is -2.30. The van der Waals surface area contributed by atoms with E-state index in [0.717, 1.165) is 12.1 Å². The highest BCUT2D eigenvalue weighted by atomic mass is 19.1. The quantitative estimate of drug-likeness (QED) is 0.756. The van der Waals surface area contributed by atoms with Crippen LogP contribution in [0.5, 0.6) is 0 Å². The summed E-state index contributed by atoms with van der Waals surface area (Å²) in [6.07, 6.45) is 6.34. The zero-order chi connectivity index (χ0) is 15.5. The molecule has 1 N–H and O–H groups in total. The molecule has 21 heavy (non-hydrogen) atoms. The first-order valence-electron chi connectivity index (χ1n) is 8.38. The normalized spacial score (nSPS) is 23.9. The van der Waals surface area contributed by atoms with Gasteiger partial charge in [-0.15, -0.1) is 0 Å². The number of benzene rings is 1. The Balaban J connectivity index is 2.16. The summed E-state index contributed by atoms with van der Waals surface area (Å²) in [5.41, 5.74) is 2.09. The third-order valence-electron chi connectivity index (χ3n) is 4.68. The first-order chi connectivity index (χ1) is 9.87. The van der Waals surface area contributed by atoms with E-state index in [2.05, 4.69) is 32.2 Å². The Morgan fingerprint density at radius 1 is 1.14 bits per heavy atom. The van der Waals surface area contributed by atoms with Crippen LogP contribution in [0.15, 0.2) is 18.2 Å². The topological polar surface area (TPSA) is 12.0 Å². The Kier molecular flexibility index (Phi) is 5.43. The summed E-state index contributed by atoms with van der Waals surface area (Å²) in [4.78, 5) is 0. The van der Waals surface area contributed by atoms with Gasteiger partial charge in [0, 0.05) is 5.54 Å². The standard InChI is InChI=1S/C19H30FN/c1-14-10-11-15(12-18(14)20)17-9-7-5-6-8-16(17)13-21-19(2,3)4/h10-12,16-17,21H,5-9,13H2,1-4H3. The lowest BCUT2D eigenvalue weighted by atomic mass is 9.81. The molecule has 0 bridgehead atoms. The Bertz CT molecular complexity index is 461. The van der Waals surface area contributed by atoms with Crippen LogP contribution in [0.2, 0.25) is 0 Å². The minimum Gasteiger partial charge on any atom is -0.312 e. The molecular weight excluding hydrogens is 261 g/mol. The van der Waals surface area contributed by atoms with Gasteiger partial charge in [-0.05, 0) is 76.1 Å². The summed E-state index contributed by atoms with van der Waals surface area (Å²) in [6, 6.07) is 5.84. The summed E-state index contributed by atoms with van der Waals surface area (Å²) >= 11 is 0. The highest BCUT2D eigenvalue weighted by molar-refractivity contribution is 5.27. The number of nitrogens with one attached hydrogen (secondary N) is 1. The molecule has 1 fully saturated rings. The van der Waals surface area contributed by atoms with Crippen LogP contribution in [0.3, 0.4) is 0 Å². The summed E-state index contributed by atoms with van der Waals surface area (Å²) in [7, 11) is 0. The van der Waals surface area contributed by atoms with Gasteiger partial charge in [-0.3, -0.25) is 0 Å². The fourth-order valence-electron chi connectivity index (χ4n) is 3.34. The molecule has 0 amide bonds. The van der Waals surface area contributed by atoms with Crippen LogP contribution < -0.4 is 5.32 Å². The van der Waals surface area contributed by atoms with E-state index in [9.17, 15) is 4.39 Å². The van der Waals surface area contributed by atoms with E-state index in [1.807, 2.05) is 13.0 Å². The van der Waals surface area contributed by atoms with E-state index in [0.29, 0.717) is 11.8 Å². The van der Waals surface area contributed by atoms with Crippen molar-refractivity contribution >= 4 is 0 Å². The van der Waals surface area contributed by atoms with Crippen molar-refractivity contribution in [2.45, 2.75) is 71.3 Å². The second kappa shape index (κ2) is 6.91. The Hall–Kier alpha value is -0.890. The van der Waals surface area contributed by atoms with Crippen molar-refractivity contribution in [2.75, 3.05) is 6.54 Å². The summed E-state index contributed by atoms with van der Waals surface area (Å²) < 4.78 is 13.9. The second-order valence-corrected chi connectivity index (χ2v) is 7.64. The highest BCUT2D eigenvalue weighted by Gasteiger charge is 2.26. The molecule has 118 valence electrons. The molecular formula is C19H30FN. The van der Waals surface area contributed by atoms with Crippen molar-refractivity contribution < 1.29 is 4.39 Å². The summed E-state index contributed by atoms with van der Waals surface area (Å²) in [5, 5.41) is 3.65. The molecule has 0 aliphatic heterocycles. The van der Waals surface area contributed by atoms with E-state index < -0.39 is 0 Å². The van der Waals surface area contributed by atoms with Crippen LogP contribution in [0, 0.1) is 18.7 Å². The molecule has 1 nitrogen and oxygen atoms in total. The number of aryl methyl sites for hydroxylation is 1. The fraction of sp³-hybridized carbons (Fsp3) is 0.684. The Labute approximate surface area is 129 Å². The van der Waals surface area contributed by atoms with Gasteiger partial charge in [-0.25, -0.2) is 4.39 Å². The van der Waals surface area contributed by atoms with Gasteiger partial charge < -0.3 is 5.32 Å². The smallest absolute Gasteiger partial charge is 0.126 e. The molecule has 1 saturated carbocycles. The molecule has 0 radical (unpaired) electrons.